The van der Waals surface area contributed by atoms with Crippen LogP contribution in [0.2, 0.25) is 0 Å². The first-order valence-corrected chi connectivity index (χ1v) is 10.8. The van der Waals surface area contributed by atoms with Gasteiger partial charge in [-0.3, -0.25) is 19.7 Å². The number of anilines is 1. The van der Waals surface area contributed by atoms with Gasteiger partial charge in [-0.05, 0) is 69.3 Å². The predicted molar refractivity (Wildman–Crippen MR) is 121 cm³/mol. The first kappa shape index (κ1) is 20.3. The Morgan fingerprint density at radius 1 is 1.06 bits per heavy atom. The average Bonchev–Trinajstić information content (AvgIpc) is 3.35. The highest BCUT2D eigenvalue weighted by molar-refractivity contribution is 6.02. The van der Waals surface area contributed by atoms with E-state index in [-0.39, 0.29) is 17.9 Å². The molecule has 1 N–H and O–H groups in total. The van der Waals surface area contributed by atoms with Crippen LogP contribution in [0.4, 0.5) is 5.69 Å². The number of rotatable bonds is 5. The molecule has 1 fully saturated rings. The van der Waals surface area contributed by atoms with Gasteiger partial charge in [-0.1, -0.05) is 17.3 Å². The molecule has 0 aliphatic carbocycles. The van der Waals surface area contributed by atoms with Gasteiger partial charge in [-0.15, -0.1) is 0 Å². The predicted octanol–water partition coefficient (Wildman–Crippen LogP) is 3.89. The number of hydrogen-bond acceptors (Lipinski definition) is 7. The third-order valence-corrected chi connectivity index (χ3v) is 6.05. The maximum Gasteiger partial charge on any atom is 0.241 e. The van der Waals surface area contributed by atoms with Gasteiger partial charge >= 0.3 is 0 Å². The first-order valence-electron chi connectivity index (χ1n) is 10.8. The topological polar surface area (TPSA) is 97.0 Å². The first-order chi connectivity index (χ1) is 15.7. The van der Waals surface area contributed by atoms with E-state index in [9.17, 15) is 4.79 Å². The van der Waals surface area contributed by atoms with E-state index in [2.05, 4.69) is 30.3 Å². The van der Waals surface area contributed by atoms with Crippen molar-refractivity contribution in [1.29, 1.82) is 0 Å². The zero-order valence-electron chi connectivity index (χ0n) is 17.8. The Kier molecular flexibility index (Phi) is 5.60. The number of benzene rings is 1. The molecule has 32 heavy (non-hydrogen) atoms. The third-order valence-electron chi connectivity index (χ3n) is 6.05. The van der Waals surface area contributed by atoms with Crippen molar-refractivity contribution in [1.82, 2.24) is 25.0 Å². The quantitative estimate of drug-likeness (QED) is 0.515. The van der Waals surface area contributed by atoms with E-state index in [1.165, 1.54) is 0 Å². The highest BCUT2D eigenvalue weighted by Gasteiger charge is 2.30. The lowest BCUT2D eigenvalue weighted by Crippen LogP contribution is -2.45. The number of pyridine rings is 2. The van der Waals surface area contributed by atoms with Crippen LogP contribution in [0.5, 0.6) is 0 Å². The normalized spacial score (nSPS) is 16.2. The number of carbonyl (C=O) groups is 1. The maximum atomic E-state index is 12.9. The molecule has 1 aliphatic rings. The number of carbonyl (C=O) groups excluding carboxylic acids is 1. The summed E-state index contributed by atoms with van der Waals surface area (Å²) in [6, 6.07) is 15.0. The summed E-state index contributed by atoms with van der Waals surface area (Å²) >= 11 is 0. The second-order valence-electron chi connectivity index (χ2n) is 8.02. The molecule has 4 heterocycles. The number of likely N-dealkylation sites (tertiary alicyclic amines) is 1. The van der Waals surface area contributed by atoms with Crippen LogP contribution in [0.15, 0.2) is 65.4 Å². The average molecular weight is 428 g/mol. The van der Waals surface area contributed by atoms with E-state index in [0.29, 0.717) is 17.4 Å². The van der Waals surface area contributed by atoms with Crippen molar-refractivity contribution in [3.05, 3.63) is 66.8 Å². The lowest BCUT2D eigenvalue weighted by molar-refractivity contribution is -0.121. The van der Waals surface area contributed by atoms with Crippen molar-refractivity contribution in [3.8, 4) is 11.5 Å². The highest BCUT2D eigenvalue weighted by atomic mass is 16.5. The molecule has 8 nitrogen and oxygen atoms in total. The number of piperidine rings is 1. The number of nitrogens with one attached hydrogen (secondary N) is 1. The van der Waals surface area contributed by atoms with E-state index in [1.807, 2.05) is 55.5 Å². The molecule has 1 amide bonds. The van der Waals surface area contributed by atoms with E-state index >= 15 is 0 Å². The molecule has 1 atom stereocenters. The van der Waals surface area contributed by atoms with Gasteiger partial charge in [0.15, 0.2) is 0 Å². The van der Waals surface area contributed by atoms with Crippen molar-refractivity contribution < 1.29 is 9.32 Å². The van der Waals surface area contributed by atoms with Gasteiger partial charge in [0, 0.05) is 23.7 Å². The Hall–Kier alpha value is -3.65. The number of nitrogens with zero attached hydrogens (tertiary/aromatic N) is 5. The van der Waals surface area contributed by atoms with Gasteiger partial charge in [0.2, 0.25) is 17.6 Å². The van der Waals surface area contributed by atoms with E-state index in [0.717, 1.165) is 42.5 Å². The van der Waals surface area contributed by atoms with Crippen LogP contribution >= 0.6 is 0 Å². The Bertz CT molecular complexity index is 1210. The van der Waals surface area contributed by atoms with Gasteiger partial charge < -0.3 is 9.84 Å². The second-order valence-corrected chi connectivity index (χ2v) is 8.02. The third kappa shape index (κ3) is 4.09. The van der Waals surface area contributed by atoms with Crippen molar-refractivity contribution >= 4 is 22.5 Å². The van der Waals surface area contributed by atoms with E-state index in [4.69, 9.17) is 4.52 Å². The Morgan fingerprint density at radius 2 is 1.91 bits per heavy atom. The number of fused-ring (bicyclic) bond motifs is 1. The van der Waals surface area contributed by atoms with Crippen LogP contribution in [-0.2, 0) is 4.79 Å². The molecular formula is C24H24N6O2. The lowest BCUT2D eigenvalue weighted by Gasteiger charge is -2.34. The minimum atomic E-state index is -0.241. The molecule has 4 aromatic rings. The van der Waals surface area contributed by atoms with Gasteiger partial charge in [0.1, 0.15) is 5.69 Å². The number of hydrogen-bond donors (Lipinski definition) is 1. The minimum Gasteiger partial charge on any atom is -0.339 e. The van der Waals surface area contributed by atoms with Crippen molar-refractivity contribution in [2.45, 2.75) is 31.7 Å². The fourth-order valence-electron chi connectivity index (χ4n) is 4.15. The zero-order chi connectivity index (χ0) is 21.9. The monoisotopic (exact) mass is 428 g/mol. The number of aromatic nitrogens is 4. The van der Waals surface area contributed by atoms with Gasteiger partial charge in [0.25, 0.3) is 0 Å². The lowest BCUT2D eigenvalue weighted by atomic mass is 9.95. The molecule has 5 rings (SSSR count). The molecule has 1 aliphatic heterocycles. The molecule has 0 unspecified atom stereocenters. The summed E-state index contributed by atoms with van der Waals surface area (Å²) in [5.41, 5.74) is 2.35. The van der Waals surface area contributed by atoms with E-state index in [1.54, 1.807) is 12.4 Å². The molecule has 0 radical (unpaired) electrons. The van der Waals surface area contributed by atoms with Crippen LogP contribution in [0.1, 0.15) is 31.6 Å². The molecule has 1 aromatic carbocycles. The van der Waals surface area contributed by atoms with Crippen LogP contribution in [0.3, 0.4) is 0 Å². The Labute approximate surface area is 185 Å². The maximum absolute atomic E-state index is 12.9. The number of amides is 1. The van der Waals surface area contributed by atoms with Crippen LogP contribution in [-0.4, -0.2) is 50.0 Å². The Balaban J connectivity index is 1.20. The van der Waals surface area contributed by atoms with Crippen molar-refractivity contribution in [2.75, 3.05) is 18.4 Å². The summed E-state index contributed by atoms with van der Waals surface area (Å²) in [7, 11) is 0. The molecule has 0 saturated carbocycles. The van der Waals surface area contributed by atoms with Gasteiger partial charge in [-0.2, -0.15) is 4.98 Å². The standard InChI is InChI=1S/C24H24N6O2/c1-16(23(31)27-20-9-4-8-19-18(20)6-5-13-25-19)30-14-10-17(11-15-30)24-28-22(29-32-24)21-7-2-3-12-26-21/h2-9,12-13,16-17H,10-11,14-15H2,1H3,(H,27,31)/t16-/m0/s1. The van der Waals surface area contributed by atoms with Crippen molar-refractivity contribution in [2.24, 2.45) is 0 Å². The molecule has 3 aromatic heterocycles. The summed E-state index contributed by atoms with van der Waals surface area (Å²) in [5.74, 6) is 1.33. The molecule has 162 valence electrons. The summed E-state index contributed by atoms with van der Waals surface area (Å²) in [6.07, 6.45) is 5.19. The Morgan fingerprint density at radius 3 is 2.72 bits per heavy atom. The molecular weight excluding hydrogens is 404 g/mol. The highest BCUT2D eigenvalue weighted by Crippen LogP contribution is 2.29. The largest absolute Gasteiger partial charge is 0.339 e. The zero-order valence-corrected chi connectivity index (χ0v) is 17.8. The van der Waals surface area contributed by atoms with Gasteiger partial charge in [-0.25, -0.2) is 0 Å². The van der Waals surface area contributed by atoms with Crippen LogP contribution < -0.4 is 5.32 Å². The van der Waals surface area contributed by atoms with Gasteiger partial charge in [0.05, 0.1) is 17.2 Å². The summed E-state index contributed by atoms with van der Waals surface area (Å²) in [5, 5.41) is 8.10. The minimum absolute atomic E-state index is 0.0185. The summed E-state index contributed by atoms with van der Waals surface area (Å²) in [6.45, 7) is 3.53. The fraction of sp³-hybridized carbons (Fsp3) is 0.292. The second kappa shape index (κ2) is 8.84. The fourth-order valence-corrected chi connectivity index (χ4v) is 4.15. The van der Waals surface area contributed by atoms with Crippen LogP contribution in [0.25, 0.3) is 22.4 Å². The van der Waals surface area contributed by atoms with Crippen molar-refractivity contribution in [3.63, 3.8) is 0 Å². The SMILES string of the molecule is C[C@@H](C(=O)Nc1cccc2ncccc12)N1CCC(c2nc(-c3ccccn3)no2)CC1. The molecule has 0 bridgehead atoms. The van der Waals surface area contributed by atoms with Crippen LogP contribution in [0, 0.1) is 0 Å². The summed E-state index contributed by atoms with van der Waals surface area (Å²) < 4.78 is 5.52. The molecule has 1 saturated heterocycles. The molecule has 0 spiro atoms. The summed E-state index contributed by atoms with van der Waals surface area (Å²) in [4.78, 5) is 28.3. The van der Waals surface area contributed by atoms with E-state index < -0.39 is 0 Å². The molecule has 8 heteroatoms. The smallest absolute Gasteiger partial charge is 0.241 e.